The number of rotatable bonds is 8. The zero-order valence-corrected chi connectivity index (χ0v) is 14.5. The van der Waals surface area contributed by atoms with E-state index in [0.29, 0.717) is 25.0 Å². The van der Waals surface area contributed by atoms with E-state index in [9.17, 15) is 5.11 Å². The first-order chi connectivity index (χ1) is 10.3. The van der Waals surface area contributed by atoms with E-state index in [1.54, 1.807) is 7.11 Å². The Morgan fingerprint density at radius 3 is 2.71 bits per heavy atom. The Labute approximate surface area is 139 Å². The molecule has 3 atom stereocenters. The topological polar surface area (TPSA) is 47.9 Å². The summed E-state index contributed by atoms with van der Waals surface area (Å²) in [6.07, 6.45) is 2.08. The molecule has 1 N–H and O–H groups in total. The first-order valence-corrected chi connectivity index (χ1v) is 8.82. The maximum Gasteiger partial charge on any atom is 0.118 e. The van der Waals surface area contributed by atoms with Crippen LogP contribution in [0.1, 0.15) is 18.4 Å². The summed E-state index contributed by atoms with van der Waals surface area (Å²) in [5, 5.41) is 9.25. The molecule has 0 unspecified atom stereocenters. The van der Waals surface area contributed by atoms with Crippen LogP contribution >= 0.6 is 22.6 Å². The Morgan fingerprint density at radius 2 is 2.14 bits per heavy atom. The van der Waals surface area contributed by atoms with Gasteiger partial charge in [-0.15, -0.1) is 0 Å². The molecule has 21 heavy (non-hydrogen) atoms. The molecular weight excluding hydrogens is 383 g/mol. The molecule has 0 aromatic heterocycles. The highest BCUT2D eigenvalue weighted by Gasteiger charge is 2.31. The van der Waals surface area contributed by atoms with Gasteiger partial charge in [-0.25, -0.2) is 0 Å². The molecule has 0 bridgehead atoms. The van der Waals surface area contributed by atoms with Crippen molar-refractivity contribution in [1.29, 1.82) is 0 Å². The molecule has 4 nitrogen and oxygen atoms in total. The van der Waals surface area contributed by atoms with Crippen LogP contribution in [-0.4, -0.2) is 42.1 Å². The quantitative estimate of drug-likeness (QED) is 0.533. The van der Waals surface area contributed by atoms with Gasteiger partial charge in [-0.3, -0.25) is 0 Å². The average Bonchev–Trinajstić information content (AvgIpc) is 3.01. The number of ether oxygens (including phenoxy) is 3. The van der Waals surface area contributed by atoms with Crippen LogP contribution in [0.5, 0.6) is 5.75 Å². The molecule has 0 saturated carbocycles. The molecule has 0 spiro atoms. The summed E-state index contributed by atoms with van der Waals surface area (Å²) in [5.74, 6) is 1.23. The number of benzene rings is 1. The molecule has 1 aromatic carbocycles. The predicted octanol–water partition coefficient (Wildman–Crippen LogP) is 2.80. The van der Waals surface area contributed by atoms with E-state index in [2.05, 4.69) is 22.6 Å². The summed E-state index contributed by atoms with van der Waals surface area (Å²) in [4.78, 5) is 0. The van der Waals surface area contributed by atoms with Gasteiger partial charge in [0.15, 0.2) is 0 Å². The number of alkyl halides is 1. The molecule has 5 heteroatoms. The maximum absolute atomic E-state index is 9.25. The standard InChI is InChI=1S/C16H23IO4/c1-19-14-4-2-12(3-5-14)10-21-16(6-7-18)13-8-15(9-17)20-11-13/h2-5,13,15-16,18H,6-11H2,1H3/t13-,15+,16+/m1/s1. The zero-order chi connectivity index (χ0) is 15.1. The van der Waals surface area contributed by atoms with Crippen molar-refractivity contribution < 1.29 is 19.3 Å². The van der Waals surface area contributed by atoms with Gasteiger partial charge in [0.05, 0.1) is 32.5 Å². The van der Waals surface area contributed by atoms with Crippen molar-refractivity contribution in [3.63, 3.8) is 0 Å². The molecule has 118 valence electrons. The van der Waals surface area contributed by atoms with Gasteiger partial charge in [0.2, 0.25) is 0 Å². The van der Waals surface area contributed by atoms with Crippen LogP contribution in [0, 0.1) is 5.92 Å². The van der Waals surface area contributed by atoms with Crippen molar-refractivity contribution in [3.8, 4) is 5.75 Å². The van der Waals surface area contributed by atoms with Crippen molar-refractivity contribution in [2.75, 3.05) is 24.8 Å². The number of hydrogen-bond acceptors (Lipinski definition) is 4. The molecule has 1 saturated heterocycles. The minimum absolute atomic E-state index is 0.0602. The normalized spacial score (nSPS) is 23.2. The molecule has 2 rings (SSSR count). The monoisotopic (exact) mass is 406 g/mol. The number of methoxy groups -OCH3 is 1. The van der Waals surface area contributed by atoms with Crippen LogP contribution in [0.2, 0.25) is 0 Å². The smallest absolute Gasteiger partial charge is 0.118 e. The summed E-state index contributed by atoms with van der Waals surface area (Å²) < 4.78 is 17.9. The minimum atomic E-state index is 0.0602. The lowest BCUT2D eigenvalue weighted by Gasteiger charge is -2.22. The van der Waals surface area contributed by atoms with Gasteiger partial charge in [0.1, 0.15) is 5.75 Å². The third-order valence-electron chi connectivity index (χ3n) is 3.85. The van der Waals surface area contributed by atoms with Gasteiger partial charge in [0.25, 0.3) is 0 Å². The fraction of sp³-hybridized carbons (Fsp3) is 0.625. The first kappa shape index (κ1) is 17.0. The Hall–Kier alpha value is -0.370. The van der Waals surface area contributed by atoms with Crippen molar-refractivity contribution in [1.82, 2.24) is 0 Å². The molecular formula is C16H23IO4. The van der Waals surface area contributed by atoms with E-state index in [1.807, 2.05) is 24.3 Å². The van der Waals surface area contributed by atoms with Gasteiger partial charge in [-0.05, 0) is 30.5 Å². The van der Waals surface area contributed by atoms with Crippen molar-refractivity contribution in [2.24, 2.45) is 5.92 Å². The molecule has 0 radical (unpaired) electrons. The van der Waals surface area contributed by atoms with E-state index in [1.165, 1.54) is 0 Å². The SMILES string of the molecule is COc1ccc(CO[C@@H](CCO)[C@H]2CO[C@H](CI)C2)cc1. The van der Waals surface area contributed by atoms with Gasteiger partial charge in [0, 0.05) is 17.0 Å². The predicted molar refractivity (Wildman–Crippen MR) is 90.0 cm³/mol. The summed E-state index contributed by atoms with van der Waals surface area (Å²) in [5.41, 5.74) is 1.11. The van der Waals surface area contributed by atoms with E-state index in [-0.39, 0.29) is 12.7 Å². The Balaban J connectivity index is 1.87. The Morgan fingerprint density at radius 1 is 1.38 bits per heavy atom. The fourth-order valence-corrected chi connectivity index (χ4v) is 3.22. The number of aliphatic hydroxyl groups excluding tert-OH is 1. The number of aliphatic hydroxyl groups is 1. The summed E-state index contributed by atoms with van der Waals surface area (Å²) in [6, 6.07) is 7.89. The van der Waals surface area contributed by atoms with E-state index in [0.717, 1.165) is 28.8 Å². The second-order valence-electron chi connectivity index (χ2n) is 5.32. The molecule has 1 fully saturated rings. The zero-order valence-electron chi connectivity index (χ0n) is 12.3. The largest absolute Gasteiger partial charge is 0.497 e. The van der Waals surface area contributed by atoms with Gasteiger partial charge in [-0.1, -0.05) is 34.7 Å². The Kier molecular flexibility index (Phi) is 7.22. The van der Waals surface area contributed by atoms with Crippen LogP contribution < -0.4 is 4.74 Å². The summed E-state index contributed by atoms with van der Waals surface area (Å²) in [6.45, 7) is 1.44. The number of halogens is 1. The second kappa shape index (κ2) is 8.92. The lowest BCUT2D eigenvalue weighted by Crippen LogP contribution is -2.26. The van der Waals surface area contributed by atoms with Crippen molar-refractivity contribution in [2.45, 2.75) is 31.7 Å². The lowest BCUT2D eigenvalue weighted by atomic mass is 9.97. The summed E-state index contributed by atoms with van der Waals surface area (Å²) >= 11 is 2.35. The van der Waals surface area contributed by atoms with Crippen LogP contribution in [-0.2, 0) is 16.1 Å². The van der Waals surface area contributed by atoms with Crippen LogP contribution in [0.15, 0.2) is 24.3 Å². The van der Waals surface area contributed by atoms with Gasteiger partial charge < -0.3 is 19.3 Å². The van der Waals surface area contributed by atoms with Crippen molar-refractivity contribution >= 4 is 22.6 Å². The molecule has 1 aromatic rings. The van der Waals surface area contributed by atoms with Crippen molar-refractivity contribution in [3.05, 3.63) is 29.8 Å². The van der Waals surface area contributed by atoms with Crippen LogP contribution in [0.4, 0.5) is 0 Å². The first-order valence-electron chi connectivity index (χ1n) is 7.29. The highest BCUT2D eigenvalue weighted by Crippen LogP contribution is 2.28. The Bertz CT molecular complexity index is 409. The van der Waals surface area contributed by atoms with Gasteiger partial charge >= 0.3 is 0 Å². The van der Waals surface area contributed by atoms with E-state index < -0.39 is 0 Å². The third kappa shape index (κ3) is 5.09. The third-order valence-corrected chi connectivity index (χ3v) is 4.83. The summed E-state index contributed by atoms with van der Waals surface area (Å²) in [7, 11) is 1.66. The molecule has 1 aliphatic rings. The minimum Gasteiger partial charge on any atom is -0.497 e. The highest BCUT2D eigenvalue weighted by atomic mass is 127. The lowest BCUT2D eigenvalue weighted by molar-refractivity contribution is -0.0160. The fourth-order valence-electron chi connectivity index (χ4n) is 2.61. The second-order valence-corrected chi connectivity index (χ2v) is 6.20. The molecule has 1 aliphatic heterocycles. The molecule has 1 heterocycles. The van der Waals surface area contributed by atoms with E-state index >= 15 is 0 Å². The van der Waals surface area contributed by atoms with Crippen LogP contribution in [0.25, 0.3) is 0 Å². The molecule has 0 amide bonds. The van der Waals surface area contributed by atoms with E-state index in [4.69, 9.17) is 14.2 Å². The molecule has 0 aliphatic carbocycles. The average molecular weight is 406 g/mol. The van der Waals surface area contributed by atoms with Crippen LogP contribution in [0.3, 0.4) is 0 Å². The maximum atomic E-state index is 9.25. The highest BCUT2D eigenvalue weighted by molar-refractivity contribution is 14.1. The number of hydrogen-bond donors (Lipinski definition) is 1. The van der Waals surface area contributed by atoms with Gasteiger partial charge in [-0.2, -0.15) is 0 Å².